The highest BCUT2D eigenvalue weighted by atomic mass is 16.5. The molecule has 3 aromatic rings. The van der Waals surface area contributed by atoms with Gasteiger partial charge in [-0.3, -0.25) is 4.98 Å². The van der Waals surface area contributed by atoms with E-state index in [-0.39, 0.29) is 0 Å². The van der Waals surface area contributed by atoms with Crippen molar-refractivity contribution in [2.75, 3.05) is 25.7 Å². The molecule has 26 heavy (non-hydrogen) atoms. The highest BCUT2D eigenvalue weighted by Crippen LogP contribution is 2.41. The van der Waals surface area contributed by atoms with Gasteiger partial charge < -0.3 is 19.5 Å². The van der Waals surface area contributed by atoms with Crippen LogP contribution in [-0.4, -0.2) is 30.9 Å². The van der Waals surface area contributed by atoms with Crippen molar-refractivity contribution < 1.29 is 14.6 Å². The Morgan fingerprint density at radius 3 is 2.58 bits per heavy atom. The first-order valence-corrected chi connectivity index (χ1v) is 8.65. The van der Waals surface area contributed by atoms with Gasteiger partial charge in [0.15, 0.2) is 0 Å². The fraction of sp³-hybridized carbons (Fsp3) is 0.286. The highest BCUT2D eigenvalue weighted by molar-refractivity contribution is 5.92. The van der Waals surface area contributed by atoms with Crippen molar-refractivity contribution in [3.63, 3.8) is 0 Å². The second kappa shape index (κ2) is 6.50. The fourth-order valence-electron chi connectivity index (χ4n) is 3.81. The molecule has 134 valence electrons. The van der Waals surface area contributed by atoms with Crippen LogP contribution < -0.4 is 14.4 Å². The number of hydrogen-bond acceptors (Lipinski definition) is 5. The maximum absolute atomic E-state index is 10.9. The Bertz CT molecular complexity index is 971. The van der Waals surface area contributed by atoms with Crippen molar-refractivity contribution in [1.82, 2.24) is 4.98 Å². The number of rotatable bonds is 3. The number of β-amino-alcohol motifs (C(OH)–C–C–N with tert-alkyl or cyclic N) is 1. The van der Waals surface area contributed by atoms with Crippen molar-refractivity contribution in [3.8, 4) is 11.5 Å². The lowest BCUT2D eigenvalue weighted by Crippen LogP contribution is -2.34. The molecule has 1 aliphatic heterocycles. The van der Waals surface area contributed by atoms with Crippen LogP contribution in [0, 0.1) is 6.92 Å². The molecule has 0 saturated carbocycles. The molecule has 2 heterocycles. The number of aliphatic hydroxyl groups is 1. The number of ether oxygens (including phenoxy) is 2. The van der Waals surface area contributed by atoms with Gasteiger partial charge in [0.2, 0.25) is 0 Å². The minimum atomic E-state index is -0.656. The minimum absolute atomic E-state index is 0.490. The van der Waals surface area contributed by atoms with E-state index in [4.69, 9.17) is 9.47 Å². The van der Waals surface area contributed by atoms with Crippen molar-refractivity contribution in [2.45, 2.75) is 19.6 Å². The lowest BCUT2D eigenvalue weighted by Gasteiger charge is -2.36. The average Bonchev–Trinajstić information content (AvgIpc) is 2.66. The number of fused-ring (bicyclic) bond motifs is 2. The minimum Gasteiger partial charge on any atom is -0.496 e. The highest BCUT2D eigenvalue weighted by Gasteiger charge is 2.30. The molecule has 1 aromatic heterocycles. The third kappa shape index (κ3) is 2.65. The molecule has 1 aliphatic rings. The molecule has 0 spiro atoms. The van der Waals surface area contributed by atoms with Gasteiger partial charge in [0.1, 0.15) is 17.6 Å². The Morgan fingerprint density at radius 2 is 1.81 bits per heavy atom. The number of aliphatic hydroxyl groups excluding tert-OH is 1. The summed E-state index contributed by atoms with van der Waals surface area (Å²) in [5.41, 5.74) is 4.77. The molecule has 1 atom stereocenters. The summed E-state index contributed by atoms with van der Waals surface area (Å²) in [6.45, 7) is 3.12. The maximum atomic E-state index is 10.9. The van der Waals surface area contributed by atoms with Crippen LogP contribution in [0.3, 0.4) is 0 Å². The van der Waals surface area contributed by atoms with E-state index in [0.717, 1.165) is 39.2 Å². The first-order chi connectivity index (χ1) is 12.6. The van der Waals surface area contributed by atoms with Gasteiger partial charge in [0, 0.05) is 41.0 Å². The van der Waals surface area contributed by atoms with Crippen LogP contribution in [0.25, 0.3) is 10.9 Å². The van der Waals surface area contributed by atoms with Crippen molar-refractivity contribution in [2.24, 2.45) is 0 Å². The van der Waals surface area contributed by atoms with Crippen molar-refractivity contribution >= 4 is 16.6 Å². The number of aryl methyl sites for hydroxylation is 1. The number of nitrogens with zero attached hydrogens (tertiary/aromatic N) is 2. The van der Waals surface area contributed by atoms with Crippen LogP contribution >= 0.6 is 0 Å². The van der Waals surface area contributed by atoms with E-state index in [1.54, 1.807) is 14.2 Å². The molecule has 1 N–H and O–H groups in total. The number of pyridine rings is 1. The predicted molar refractivity (Wildman–Crippen MR) is 102 cm³/mol. The van der Waals surface area contributed by atoms with E-state index < -0.39 is 6.10 Å². The molecule has 0 bridgehead atoms. The zero-order chi connectivity index (χ0) is 18.3. The van der Waals surface area contributed by atoms with Crippen LogP contribution in [0.15, 0.2) is 42.5 Å². The summed E-state index contributed by atoms with van der Waals surface area (Å²) in [5.74, 6) is 1.46. The lowest BCUT2D eigenvalue weighted by atomic mass is 9.94. The van der Waals surface area contributed by atoms with Crippen LogP contribution in [0.1, 0.15) is 22.9 Å². The molecular formula is C21H22N2O3. The Labute approximate surface area is 152 Å². The smallest absolute Gasteiger partial charge is 0.125 e. The molecule has 0 radical (unpaired) electrons. The fourth-order valence-corrected chi connectivity index (χ4v) is 3.81. The van der Waals surface area contributed by atoms with Crippen molar-refractivity contribution in [1.29, 1.82) is 0 Å². The van der Waals surface area contributed by atoms with E-state index in [0.29, 0.717) is 18.8 Å². The van der Waals surface area contributed by atoms with Gasteiger partial charge in [-0.15, -0.1) is 0 Å². The quantitative estimate of drug-likeness (QED) is 0.782. The van der Waals surface area contributed by atoms with Crippen LogP contribution in [-0.2, 0) is 6.54 Å². The Balaban J connectivity index is 1.86. The summed E-state index contributed by atoms with van der Waals surface area (Å²) >= 11 is 0. The number of para-hydroxylation sites is 1. The van der Waals surface area contributed by atoms with E-state index in [1.807, 2.05) is 37.3 Å². The van der Waals surface area contributed by atoms with Gasteiger partial charge in [-0.05, 0) is 31.2 Å². The molecule has 0 amide bonds. The summed E-state index contributed by atoms with van der Waals surface area (Å²) in [6, 6.07) is 13.9. The molecule has 2 aromatic carbocycles. The van der Waals surface area contributed by atoms with Gasteiger partial charge in [0.25, 0.3) is 0 Å². The van der Waals surface area contributed by atoms with E-state index in [1.165, 1.54) is 0 Å². The number of hydrogen-bond donors (Lipinski definition) is 1. The predicted octanol–water partition coefficient (Wildman–Crippen LogP) is 3.61. The van der Waals surface area contributed by atoms with Crippen LogP contribution in [0.4, 0.5) is 5.69 Å². The first kappa shape index (κ1) is 16.7. The second-order valence-electron chi connectivity index (χ2n) is 6.56. The van der Waals surface area contributed by atoms with E-state index in [2.05, 4.69) is 22.0 Å². The van der Waals surface area contributed by atoms with Gasteiger partial charge in [-0.1, -0.05) is 18.2 Å². The van der Waals surface area contributed by atoms with E-state index >= 15 is 0 Å². The second-order valence-corrected chi connectivity index (χ2v) is 6.56. The number of methoxy groups -OCH3 is 2. The summed E-state index contributed by atoms with van der Waals surface area (Å²) in [6.07, 6.45) is -0.656. The monoisotopic (exact) mass is 350 g/mol. The molecule has 5 heteroatoms. The van der Waals surface area contributed by atoms with Crippen LogP contribution in [0.2, 0.25) is 0 Å². The molecular weight excluding hydrogens is 328 g/mol. The Morgan fingerprint density at radius 1 is 1.08 bits per heavy atom. The molecule has 4 rings (SSSR count). The first-order valence-electron chi connectivity index (χ1n) is 8.65. The third-order valence-electron chi connectivity index (χ3n) is 4.95. The number of aromatic nitrogens is 1. The van der Waals surface area contributed by atoms with Crippen LogP contribution in [0.5, 0.6) is 11.5 Å². The third-order valence-corrected chi connectivity index (χ3v) is 4.95. The summed E-state index contributed by atoms with van der Waals surface area (Å²) in [4.78, 5) is 6.81. The molecule has 0 saturated heterocycles. The SMILES string of the molecule is COc1ccc(OC)c2c1CN(c1cc(C)nc3ccccc13)C[C@@H]2O. The standard InChI is InChI=1S/C21H22N2O3/c1-13-10-17(14-6-4-5-7-16(14)22-13)23-11-15-19(25-2)8-9-20(26-3)21(15)18(24)12-23/h4-10,18,24H,11-12H2,1-3H3/t18-/m0/s1. The zero-order valence-corrected chi connectivity index (χ0v) is 15.2. The number of anilines is 1. The largest absolute Gasteiger partial charge is 0.496 e. The summed E-state index contributed by atoms with van der Waals surface area (Å²) in [5, 5.41) is 12.0. The average molecular weight is 350 g/mol. The van der Waals surface area contributed by atoms with Gasteiger partial charge in [-0.25, -0.2) is 0 Å². The van der Waals surface area contributed by atoms with E-state index in [9.17, 15) is 5.11 Å². The zero-order valence-electron chi connectivity index (χ0n) is 15.2. The maximum Gasteiger partial charge on any atom is 0.125 e. The van der Waals surface area contributed by atoms with Gasteiger partial charge in [-0.2, -0.15) is 0 Å². The van der Waals surface area contributed by atoms with Crippen molar-refractivity contribution in [3.05, 3.63) is 59.3 Å². The Kier molecular flexibility index (Phi) is 4.17. The lowest BCUT2D eigenvalue weighted by molar-refractivity contribution is 0.170. The molecule has 0 fully saturated rings. The molecule has 0 unspecified atom stereocenters. The normalized spacial score (nSPS) is 16.5. The topological polar surface area (TPSA) is 54.8 Å². The summed E-state index contributed by atoms with van der Waals surface area (Å²) < 4.78 is 11.0. The van der Waals surface area contributed by atoms with Gasteiger partial charge in [0.05, 0.1) is 19.7 Å². The van der Waals surface area contributed by atoms with Gasteiger partial charge >= 0.3 is 0 Å². The Hall–Kier alpha value is -2.79. The summed E-state index contributed by atoms with van der Waals surface area (Å²) in [7, 11) is 3.28. The number of benzene rings is 2. The molecule has 0 aliphatic carbocycles. The molecule has 5 nitrogen and oxygen atoms in total.